The number of nitrogens with zero attached hydrogens (tertiary/aromatic N) is 2. The standard InChI is InChI=1S/C21H24N4O4/c1-14-17-11-15(12-23-21(28)24-29)7-8-18(17)25(10-3-2-6-19(26)27)20(14)16-5-4-9-22-13-16/h4-5,7-9,11,13,29H,2-3,6,10,12H2,1H3,(H,26,27)(H2,23,24,28). The number of carboxylic acids is 1. The summed E-state index contributed by atoms with van der Waals surface area (Å²) >= 11 is 0. The number of aromatic nitrogens is 2. The molecule has 3 aromatic rings. The van der Waals surface area contributed by atoms with E-state index in [-0.39, 0.29) is 13.0 Å². The van der Waals surface area contributed by atoms with Gasteiger partial charge in [0.1, 0.15) is 0 Å². The summed E-state index contributed by atoms with van der Waals surface area (Å²) in [7, 11) is 0. The van der Waals surface area contributed by atoms with Gasteiger partial charge >= 0.3 is 12.0 Å². The number of aryl methyl sites for hydroxylation is 2. The Kier molecular flexibility index (Phi) is 6.46. The van der Waals surface area contributed by atoms with Gasteiger partial charge in [-0.2, -0.15) is 0 Å². The van der Waals surface area contributed by atoms with Crippen LogP contribution in [0.2, 0.25) is 0 Å². The molecule has 1 aromatic carbocycles. The predicted octanol–water partition coefficient (Wildman–Crippen LogP) is 3.46. The smallest absolute Gasteiger partial charge is 0.338 e. The molecule has 3 rings (SSSR count). The molecule has 2 aromatic heterocycles. The molecule has 0 saturated heterocycles. The van der Waals surface area contributed by atoms with Crippen LogP contribution in [-0.4, -0.2) is 31.9 Å². The van der Waals surface area contributed by atoms with E-state index in [1.807, 2.05) is 36.5 Å². The molecule has 0 bridgehead atoms. The summed E-state index contributed by atoms with van der Waals surface area (Å²) in [6, 6.07) is 9.21. The molecule has 2 amide bonds. The minimum absolute atomic E-state index is 0.156. The predicted molar refractivity (Wildman–Crippen MR) is 109 cm³/mol. The fourth-order valence-electron chi connectivity index (χ4n) is 3.55. The lowest BCUT2D eigenvalue weighted by molar-refractivity contribution is -0.137. The molecule has 2 heterocycles. The lowest BCUT2D eigenvalue weighted by atomic mass is 10.1. The van der Waals surface area contributed by atoms with E-state index in [2.05, 4.69) is 21.8 Å². The molecule has 0 spiro atoms. The average molecular weight is 396 g/mol. The van der Waals surface area contributed by atoms with E-state index in [4.69, 9.17) is 10.3 Å². The van der Waals surface area contributed by atoms with E-state index < -0.39 is 12.0 Å². The van der Waals surface area contributed by atoms with E-state index in [1.165, 1.54) is 0 Å². The first-order chi connectivity index (χ1) is 14.0. The minimum atomic E-state index is -0.782. The first-order valence-electron chi connectivity index (χ1n) is 9.43. The van der Waals surface area contributed by atoms with E-state index in [0.717, 1.165) is 39.7 Å². The van der Waals surface area contributed by atoms with Crippen molar-refractivity contribution < 1.29 is 19.9 Å². The second-order valence-electron chi connectivity index (χ2n) is 6.86. The van der Waals surface area contributed by atoms with Crippen LogP contribution < -0.4 is 10.8 Å². The molecule has 0 saturated carbocycles. The number of carboxylic acid groups (broad SMARTS) is 1. The quantitative estimate of drug-likeness (QED) is 0.264. The number of aliphatic carboxylic acids is 1. The van der Waals surface area contributed by atoms with E-state index in [0.29, 0.717) is 13.0 Å². The van der Waals surface area contributed by atoms with Crippen molar-refractivity contribution in [2.45, 2.75) is 39.3 Å². The highest BCUT2D eigenvalue weighted by atomic mass is 16.5. The third kappa shape index (κ3) is 4.72. The van der Waals surface area contributed by atoms with Crippen LogP contribution in [0.4, 0.5) is 4.79 Å². The SMILES string of the molecule is Cc1c(-c2cccnc2)n(CCCCC(=O)O)c2ccc(CNC(=O)NO)cc12. The molecule has 29 heavy (non-hydrogen) atoms. The van der Waals surface area contributed by atoms with Gasteiger partial charge in [-0.3, -0.25) is 15.0 Å². The first kappa shape index (κ1) is 20.3. The zero-order valence-corrected chi connectivity index (χ0v) is 16.2. The zero-order chi connectivity index (χ0) is 20.8. The highest BCUT2D eigenvalue weighted by molar-refractivity contribution is 5.92. The summed E-state index contributed by atoms with van der Waals surface area (Å²) in [4.78, 5) is 26.3. The average Bonchev–Trinajstić information content (AvgIpc) is 3.01. The monoisotopic (exact) mass is 396 g/mol. The van der Waals surface area contributed by atoms with Crippen LogP contribution in [0.1, 0.15) is 30.4 Å². The normalized spacial score (nSPS) is 10.8. The molecule has 152 valence electrons. The number of urea groups is 1. The Hall–Kier alpha value is -3.39. The van der Waals surface area contributed by atoms with Crippen molar-refractivity contribution in [3.63, 3.8) is 0 Å². The van der Waals surface area contributed by atoms with Gasteiger partial charge in [0.05, 0.1) is 5.69 Å². The first-order valence-corrected chi connectivity index (χ1v) is 9.43. The molecule has 0 unspecified atom stereocenters. The van der Waals surface area contributed by atoms with E-state index in [9.17, 15) is 9.59 Å². The number of unbranched alkanes of at least 4 members (excludes halogenated alkanes) is 1. The van der Waals surface area contributed by atoms with E-state index in [1.54, 1.807) is 11.7 Å². The maximum atomic E-state index is 11.2. The zero-order valence-electron chi connectivity index (χ0n) is 16.2. The number of amides is 2. The summed E-state index contributed by atoms with van der Waals surface area (Å²) in [5.74, 6) is -0.782. The van der Waals surface area contributed by atoms with Crippen molar-refractivity contribution in [2.24, 2.45) is 0 Å². The lowest BCUT2D eigenvalue weighted by Crippen LogP contribution is -2.32. The fraction of sp³-hybridized carbons (Fsp3) is 0.286. The van der Waals surface area contributed by atoms with Gasteiger partial charge in [0, 0.05) is 48.4 Å². The molecule has 0 radical (unpaired) electrons. The summed E-state index contributed by atoms with van der Waals surface area (Å²) in [6.07, 6.45) is 5.07. The molecule has 0 aliphatic carbocycles. The molecule has 0 fully saturated rings. The van der Waals surface area contributed by atoms with Crippen molar-refractivity contribution in [1.82, 2.24) is 20.3 Å². The Morgan fingerprint density at radius 3 is 2.72 bits per heavy atom. The Labute approximate surface area is 168 Å². The van der Waals surface area contributed by atoms with Gasteiger partial charge in [0.15, 0.2) is 0 Å². The van der Waals surface area contributed by atoms with Crippen molar-refractivity contribution in [1.29, 1.82) is 0 Å². The molecule has 0 aliphatic rings. The molecule has 8 heteroatoms. The van der Waals surface area contributed by atoms with Crippen LogP contribution in [0.5, 0.6) is 0 Å². The van der Waals surface area contributed by atoms with Gasteiger partial charge < -0.3 is 15.0 Å². The van der Waals surface area contributed by atoms with Gasteiger partial charge in [-0.1, -0.05) is 6.07 Å². The number of hydroxylamine groups is 1. The van der Waals surface area contributed by atoms with Crippen molar-refractivity contribution in [3.05, 3.63) is 53.9 Å². The Morgan fingerprint density at radius 2 is 2.03 bits per heavy atom. The number of rotatable bonds is 8. The second kappa shape index (κ2) is 9.20. The number of nitrogens with one attached hydrogen (secondary N) is 2. The largest absolute Gasteiger partial charge is 0.481 e. The molecular weight excluding hydrogens is 372 g/mol. The third-order valence-electron chi connectivity index (χ3n) is 4.89. The van der Waals surface area contributed by atoms with Crippen molar-refractivity contribution in [3.8, 4) is 11.3 Å². The number of fused-ring (bicyclic) bond motifs is 1. The molecular formula is C21H24N4O4. The van der Waals surface area contributed by atoms with Crippen LogP contribution >= 0.6 is 0 Å². The summed E-state index contributed by atoms with van der Waals surface area (Å²) in [5, 5.41) is 21.1. The van der Waals surface area contributed by atoms with E-state index >= 15 is 0 Å². The summed E-state index contributed by atoms with van der Waals surface area (Å²) < 4.78 is 2.21. The van der Waals surface area contributed by atoms with Gasteiger partial charge in [0.2, 0.25) is 0 Å². The molecule has 0 aliphatic heterocycles. The Morgan fingerprint density at radius 1 is 1.21 bits per heavy atom. The van der Waals surface area contributed by atoms with Gasteiger partial charge in [-0.05, 0) is 55.2 Å². The second-order valence-corrected chi connectivity index (χ2v) is 6.86. The lowest BCUT2D eigenvalue weighted by Gasteiger charge is -2.11. The molecule has 8 nitrogen and oxygen atoms in total. The number of carbonyl (C=O) groups excluding carboxylic acids is 1. The maximum Gasteiger partial charge on any atom is 0.338 e. The van der Waals surface area contributed by atoms with Crippen LogP contribution in [-0.2, 0) is 17.9 Å². The van der Waals surface area contributed by atoms with Crippen molar-refractivity contribution >= 4 is 22.9 Å². The summed E-state index contributed by atoms with van der Waals surface area (Å²) in [6.45, 7) is 3.04. The van der Waals surface area contributed by atoms with Gasteiger partial charge in [-0.25, -0.2) is 10.3 Å². The third-order valence-corrected chi connectivity index (χ3v) is 4.89. The van der Waals surface area contributed by atoms with Crippen molar-refractivity contribution in [2.75, 3.05) is 0 Å². The number of benzene rings is 1. The Bertz CT molecular complexity index is 1010. The number of hydrogen-bond acceptors (Lipinski definition) is 4. The van der Waals surface area contributed by atoms with Crippen LogP contribution in [0.15, 0.2) is 42.7 Å². The maximum absolute atomic E-state index is 11.2. The van der Waals surface area contributed by atoms with Crippen LogP contribution in [0.25, 0.3) is 22.2 Å². The number of hydrogen-bond donors (Lipinski definition) is 4. The highest BCUT2D eigenvalue weighted by Gasteiger charge is 2.16. The minimum Gasteiger partial charge on any atom is -0.481 e. The molecule has 4 N–H and O–H groups in total. The van der Waals surface area contributed by atoms with Gasteiger partial charge in [-0.15, -0.1) is 0 Å². The van der Waals surface area contributed by atoms with Gasteiger partial charge in [0.25, 0.3) is 0 Å². The highest BCUT2D eigenvalue weighted by Crippen LogP contribution is 2.34. The summed E-state index contributed by atoms with van der Waals surface area (Å²) in [5.41, 5.74) is 6.66. The molecule has 0 atom stereocenters. The fourth-order valence-corrected chi connectivity index (χ4v) is 3.55. The topological polar surface area (TPSA) is 116 Å². The van der Waals surface area contributed by atoms with Crippen LogP contribution in [0.3, 0.4) is 0 Å². The number of carbonyl (C=O) groups is 2. The van der Waals surface area contributed by atoms with Crippen LogP contribution in [0, 0.1) is 6.92 Å². The number of pyridine rings is 1. The Balaban J connectivity index is 1.98.